The summed E-state index contributed by atoms with van der Waals surface area (Å²) in [5.74, 6) is 2.35. The molecule has 3 nitrogen and oxygen atoms in total. The van der Waals surface area contributed by atoms with Gasteiger partial charge in [-0.1, -0.05) is 37.3 Å². The number of para-hydroxylation sites is 3. The monoisotopic (exact) mass is 271 g/mol. The van der Waals surface area contributed by atoms with E-state index in [9.17, 15) is 0 Å². The number of hydrogen-bond acceptors (Lipinski definition) is 3. The average Bonchev–Trinajstić information content (AvgIpc) is 2.49. The van der Waals surface area contributed by atoms with Gasteiger partial charge in [0, 0.05) is 0 Å². The Labute approximate surface area is 120 Å². The Bertz CT molecular complexity index is 540. The third-order valence-electron chi connectivity index (χ3n) is 2.92. The molecule has 2 rings (SSSR count). The van der Waals surface area contributed by atoms with Gasteiger partial charge in [-0.3, -0.25) is 0 Å². The van der Waals surface area contributed by atoms with Crippen LogP contribution < -0.4 is 15.2 Å². The fourth-order valence-electron chi connectivity index (χ4n) is 1.95. The first-order valence-corrected chi connectivity index (χ1v) is 7.02. The van der Waals surface area contributed by atoms with E-state index in [4.69, 9.17) is 15.2 Å². The zero-order valence-corrected chi connectivity index (χ0v) is 11.8. The van der Waals surface area contributed by atoms with Gasteiger partial charge in [0.25, 0.3) is 0 Å². The third kappa shape index (κ3) is 3.75. The lowest BCUT2D eigenvalue weighted by Crippen LogP contribution is -2.04. The van der Waals surface area contributed by atoms with Crippen LogP contribution in [0.4, 0.5) is 0 Å². The molecule has 20 heavy (non-hydrogen) atoms. The summed E-state index contributed by atoms with van der Waals surface area (Å²) in [5, 5.41) is 0. The molecule has 2 aromatic carbocycles. The summed E-state index contributed by atoms with van der Waals surface area (Å²) in [4.78, 5) is 0. The van der Waals surface area contributed by atoms with Crippen molar-refractivity contribution in [3.05, 3.63) is 54.1 Å². The highest BCUT2D eigenvalue weighted by molar-refractivity contribution is 5.44. The van der Waals surface area contributed by atoms with Gasteiger partial charge in [-0.2, -0.15) is 0 Å². The molecule has 0 amide bonds. The fraction of sp³-hybridized carbons (Fsp3) is 0.294. The first-order valence-electron chi connectivity index (χ1n) is 7.02. The topological polar surface area (TPSA) is 44.5 Å². The van der Waals surface area contributed by atoms with Crippen molar-refractivity contribution >= 4 is 0 Å². The van der Waals surface area contributed by atoms with Crippen molar-refractivity contribution in [2.24, 2.45) is 5.73 Å². The molecule has 0 aliphatic rings. The number of nitrogens with two attached hydrogens (primary N) is 1. The van der Waals surface area contributed by atoms with Crippen molar-refractivity contribution in [1.29, 1.82) is 0 Å². The van der Waals surface area contributed by atoms with Crippen molar-refractivity contribution < 1.29 is 9.47 Å². The molecule has 2 aromatic rings. The Kier molecular flexibility index (Phi) is 5.44. The Hall–Kier alpha value is -2.00. The summed E-state index contributed by atoms with van der Waals surface area (Å²) in [5.41, 5.74) is 6.75. The lowest BCUT2D eigenvalue weighted by atomic mass is 10.1. The molecule has 2 N–H and O–H groups in total. The van der Waals surface area contributed by atoms with Gasteiger partial charge < -0.3 is 15.2 Å². The van der Waals surface area contributed by atoms with Gasteiger partial charge in [-0.15, -0.1) is 0 Å². The first-order chi connectivity index (χ1) is 9.85. The van der Waals surface area contributed by atoms with Gasteiger partial charge in [0.1, 0.15) is 5.75 Å². The van der Waals surface area contributed by atoms with Crippen molar-refractivity contribution in [2.75, 3.05) is 13.2 Å². The number of hydrogen-bond donors (Lipinski definition) is 1. The minimum Gasteiger partial charge on any atom is -0.490 e. The summed E-state index contributed by atoms with van der Waals surface area (Å²) in [6, 6.07) is 15.7. The molecule has 0 saturated carbocycles. The van der Waals surface area contributed by atoms with Gasteiger partial charge in [-0.25, -0.2) is 0 Å². The van der Waals surface area contributed by atoms with E-state index in [1.807, 2.05) is 48.5 Å². The second-order valence-electron chi connectivity index (χ2n) is 4.54. The van der Waals surface area contributed by atoms with Crippen LogP contribution in [-0.4, -0.2) is 13.2 Å². The molecule has 0 aliphatic carbocycles. The van der Waals surface area contributed by atoms with Crippen LogP contribution in [0.3, 0.4) is 0 Å². The van der Waals surface area contributed by atoms with E-state index >= 15 is 0 Å². The van der Waals surface area contributed by atoms with Crippen LogP contribution >= 0.6 is 0 Å². The molecule has 3 heteroatoms. The van der Waals surface area contributed by atoms with Crippen LogP contribution in [-0.2, 0) is 6.42 Å². The van der Waals surface area contributed by atoms with Crippen molar-refractivity contribution in [3.63, 3.8) is 0 Å². The van der Waals surface area contributed by atoms with Crippen molar-refractivity contribution in [3.8, 4) is 17.2 Å². The van der Waals surface area contributed by atoms with Gasteiger partial charge in [-0.05, 0) is 43.1 Å². The van der Waals surface area contributed by atoms with Crippen LogP contribution in [0.5, 0.6) is 17.2 Å². The predicted octanol–water partition coefficient (Wildman–Crippen LogP) is 3.77. The molecule has 106 valence electrons. The second kappa shape index (κ2) is 7.56. The third-order valence-corrected chi connectivity index (χ3v) is 2.92. The van der Waals surface area contributed by atoms with Crippen LogP contribution in [0, 0.1) is 0 Å². The van der Waals surface area contributed by atoms with E-state index in [2.05, 4.69) is 6.92 Å². The predicted molar refractivity (Wildman–Crippen MR) is 81.5 cm³/mol. The average molecular weight is 271 g/mol. The van der Waals surface area contributed by atoms with E-state index < -0.39 is 0 Å². The van der Waals surface area contributed by atoms with Crippen LogP contribution in [0.1, 0.15) is 18.9 Å². The molecule has 0 radical (unpaired) electrons. The number of benzene rings is 2. The Balaban J connectivity index is 2.21. The van der Waals surface area contributed by atoms with Crippen LogP contribution in [0.2, 0.25) is 0 Å². The Morgan fingerprint density at radius 2 is 1.55 bits per heavy atom. The minimum absolute atomic E-state index is 0.606. The largest absolute Gasteiger partial charge is 0.490 e. The summed E-state index contributed by atoms with van der Waals surface area (Å²) in [7, 11) is 0. The maximum Gasteiger partial charge on any atom is 0.169 e. The summed E-state index contributed by atoms with van der Waals surface area (Å²) in [6.07, 6.45) is 1.77. The SMILES string of the molecule is CCCOc1ccccc1Oc1ccccc1CCN. The smallest absolute Gasteiger partial charge is 0.169 e. The highest BCUT2D eigenvalue weighted by Gasteiger charge is 2.08. The first kappa shape index (κ1) is 14.4. The molecule has 0 aliphatic heterocycles. The quantitative estimate of drug-likeness (QED) is 0.833. The van der Waals surface area contributed by atoms with Gasteiger partial charge in [0.05, 0.1) is 6.61 Å². The van der Waals surface area contributed by atoms with E-state index in [-0.39, 0.29) is 0 Å². The standard InChI is InChI=1S/C17H21NO2/c1-2-13-19-16-9-5-6-10-17(16)20-15-8-4-3-7-14(15)11-12-18/h3-10H,2,11-13,18H2,1H3. The fourth-order valence-corrected chi connectivity index (χ4v) is 1.95. The number of rotatable bonds is 7. The molecule has 0 heterocycles. The highest BCUT2D eigenvalue weighted by Crippen LogP contribution is 2.33. The molecular formula is C17H21NO2. The van der Waals surface area contributed by atoms with Crippen LogP contribution in [0.25, 0.3) is 0 Å². The lowest BCUT2D eigenvalue weighted by molar-refractivity contribution is 0.302. The Morgan fingerprint density at radius 1 is 0.900 bits per heavy atom. The van der Waals surface area contributed by atoms with E-state index in [0.29, 0.717) is 13.2 Å². The minimum atomic E-state index is 0.606. The normalized spacial score (nSPS) is 10.3. The molecule has 0 aromatic heterocycles. The number of ether oxygens (including phenoxy) is 2. The molecule has 0 spiro atoms. The highest BCUT2D eigenvalue weighted by atomic mass is 16.5. The lowest BCUT2D eigenvalue weighted by Gasteiger charge is -2.14. The zero-order valence-electron chi connectivity index (χ0n) is 11.8. The molecular weight excluding hydrogens is 250 g/mol. The van der Waals surface area contributed by atoms with E-state index in [1.54, 1.807) is 0 Å². The maximum atomic E-state index is 6.01. The van der Waals surface area contributed by atoms with Gasteiger partial charge in [0.15, 0.2) is 11.5 Å². The summed E-state index contributed by atoms with van der Waals surface area (Å²) < 4.78 is 11.7. The van der Waals surface area contributed by atoms with Crippen LogP contribution in [0.15, 0.2) is 48.5 Å². The second-order valence-corrected chi connectivity index (χ2v) is 4.54. The van der Waals surface area contributed by atoms with Crippen molar-refractivity contribution in [2.45, 2.75) is 19.8 Å². The van der Waals surface area contributed by atoms with E-state index in [0.717, 1.165) is 35.7 Å². The molecule has 0 saturated heterocycles. The maximum absolute atomic E-state index is 6.01. The van der Waals surface area contributed by atoms with Gasteiger partial charge >= 0.3 is 0 Å². The Morgan fingerprint density at radius 3 is 2.25 bits per heavy atom. The molecule has 0 unspecified atom stereocenters. The summed E-state index contributed by atoms with van der Waals surface area (Å²) >= 11 is 0. The van der Waals surface area contributed by atoms with E-state index in [1.165, 1.54) is 0 Å². The molecule has 0 fully saturated rings. The molecule has 0 bridgehead atoms. The van der Waals surface area contributed by atoms with Gasteiger partial charge in [0.2, 0.25) is 0 Å². The summed E-state index contributed by atoms with van der Waals surface area (Å²) in [6.45, 7) is 3.37. The van der Waals surface area contributed by atoms with Crippen molar-refractivity contribution in [1.82, 2.24) is 0 Å². The zero-order chi connectivity index (χ0) is 14.2. The molecule has 0 atom stereocenters.